The minimum atomic E-state index is -0.207. The number of carbonyl (C=O) groups is 1. The van der Waals surface area contributed by atoms with Crippen molar-refractivity contribution in [1.82, 2.24) is 0 Å². The van der Waals surface area contributed by atoms with E-state index in [2.05, 4.69) is 4.74 Å². The predicted octanol–water partition coefficient (Wildman–Crippen LogP) is 1.22. The molecule has 3 nitrogen and oxygen atoms in total. The van der Waals surface area contributed by atoms with Crippen molar-refractivity contribution in [3.05, 3.63) is 0 Å². The lowest BCUT2D eigenvalue weighted by atomic mass is 10.2. The monoisotopic (exact) mass is 160 g/mol. The summed E-state index contributed by atoms with van der Waals surface area (Å²) in [7, 11) is 1.39. The SMILES string of the molecule is CCCOC[C@H](C)C(=O)OC. The lowest BCUT2D eigenvalue weighted by molar-refractivity contribution is -0.146. The maximum atomic E-state index is 10.8. The van der Waals surface area contributed by atoms with Crippen LogP contribution in [0.2, 0.25) is 0 Å². The molecule has 0 spiro atoms. The fourth-order valence-corrected chi connectivity index (χ4v) is 0.674. The van der Waals surface area contributed by atoms with Crippen molar-refractivity contribution >= 4 is 5.97 Å². The van der Waals surface area contributed by atoms with E-state index in [1.54, 1.807) is 6.92 Å². The first kappa shape index (κ1) is 10.4. The molecule has 0 unspecified atom stereocenters. The van der Waals surface area contributed by atoms with Gasteiger partial charge < -0.3 is 9.47 Å². The van der Waals surface area contributed by atoms with E-state index in [4.69, 9.17) is 4.74 Å². The van der Waals surface area contributed by atoms with Crippen LogP contribution in [-0.2, 0) is 14.3 Å². The van der Waals surface area contributed by atoms with E-state index in [0.29, 0.717) is 13.2 Å². The Kier molecular flexibility index (Phi) is 5.84. The number of rotatable bonds is 5. The zero-order valence-corrected chi connectivity index (χ0v) is 7.42. The highest BCUT2D eigenvalue weighted by molar-refractivity contribution is 5.71. The van der Waals surface area contributed by atoms with Gasteiger partial charge in [-0.3, -0.25) is 4.79 Å². The van der Waals surface area contributed by atoms with Crippen LogP contribution in [0.3, 0.4) is 0 Å². The van der Waals surface area contributed by atoms with E-state index in [9.17, 15) is 4.79 Å². The summed E-state index contributed by atoms with van der Waals surface area (Å²) in [5.74, 6) is -0.354. The summed E-state index contributed by atoms with van der Waals surface area (Å²) in [6, 6.07) is 0. The second-order valence-electron chi connectivity index (χ2n) is 2.50. The van der Waals surface area contributed by atoms with Crippen LogP contribution in [0.25, 0.3) is 0 Å². The van der Waals surface area contributed by atoms with Crippen molar-refractivity contribution in [3.8, 4) is 0 Å². The molecule has 66 valence electrons. The van der Waals surface area contributed by atoms with Gasteiger partial charge in [0, 0.05) is 6.61 Å². The van der Waals surface area contributed by atoms with Crippen molar-refractivity contribution in [2.75, 3.05) is 20.3 Å². The molecule has 0 heterocycles. The quantitative estimate of drug-likeness (QED) is 0.448. The topological polar surface area (TPSA) is 35.5 Å². The third-order valence-corrected chi connectivity index (χ3v) is 1.32. The molecule has 0 aromatic carbocycles. The zero-order valence-electron chi connectivity index (χ0n) is 7.42. The molecule has 0 aliphatic heterocycles. The highest BCUT2D eigenvalue weighted by Crippen LogP contribution is 1.98. The molecule has 0 aliphatic carbocycles. The minimum Gasteiger partial charge on any atom is -0.469 e. The van der Waals surface area contributed by atoms with Crippen LogP contribution < -0.4 is 0 Å². The van der Waals surface area contributed by atoms with Gasteiger partial charge in [-0.05, 0) is 13.3 Å². The van der Waals surface area contributed by atoms with Gasteiger partial charge in [0.05, 0.1) is 19.6 Å². The Balaban J connectivity index is 3.36. The zero-order chi connectivity index (χ0) is 8.69. The third-order valence-electron chi connectivity index (χ3n) is 1.32. The Morgan fingerprint density at radius 1 is 1.55 bits per heavy atom. The van der Waals surface area contributed by atoms with Crippen LogP contribution in [0.15, 0.2) is 0 Å². The summed E-state index contributed by atoms with van der Waals surface area (Å²) in [5, 5.41) is 0. The third kappa shape index (κ3) is 4.79. The van der Waals surface area contributed by atoms with Crippen molar-refractivity contribution in [2.24, 2.45) is 5.92 Å². The van der Waals surface area contributed by atoms with Crippen LogP contribution in [0.1, 0.15) is 20.3 Å². The van der Waals surface area contributed by atoms with Crippen LogP contribution in [0.5, 0.6) is 0 Å². The number of carbonyl (C=O) groups excluding carboxylic acids is 1. The molecule has 0 saturated carbocycles. The summed E-state index contributed by atoms with van der Waals surface area (Å²) in [5.41, 5.74) is 0. The Bertz CT molecular complexity index is 112. The molecule has 0 aliphatic rings. The van der Waals surface area contributed by atoms with Gasteiger partial charge in [-0.15, -0.1) is 0 Å². The first-order chi connectivity index (χ1) is 5.22. The van der Waals surface area contributed by atoms with E-state index in [1.165, 1.54) is 7.11 Å². The molecule has 0 aromatic rings. The lowest BCUT2D eigenvalue weighted by Gasteiger charge is -2.08. The average molecular weight is 160 g/mol. The molecule has 0 aromatic heterocycles. The second-order valence-corrected chi connectivity index (χ2v) is 2.50. The van der Waals surface area contributed by atoms with Crippen LogP contribution in [-0.4, -0.2) is 26.3 Å². The van der Waals surface area contributed by atoms with Crippen molar-refractivity contribution in [3.63, 3.8) is 0 Å². The number of hydrogen-bond donors (Lipinski definition) is 0. The van der Waals surface area contributed by atoms with Crippen LogP contribution in [0, 0.1) is 5.92 Å². The fraction of sp³-hybridized carbons (Fsp3) is 0.875. The van der Waals surface area contributed by atoms with Gasteiger partial charge in [0.1, 0.15) is 0 Å². The molecule has 3 heteroatoms. The van der Waals surface area contributed by atoms with E-state index < -0.39 is 0 Å². The van der Waals surface area contributed by atoms with Crippen molar-refractivity contribution in [2.45, 2.75) is 20.3 Å². The maximum Gasteiger partial charge on any atom is 0.310 e. The molecular weight excluding hydrogens is 144 g/mol. The highest BCUT2D eigenvalue weighted by Gasteiger charge is 2.11. The molecule has 0 N–H and O–H groups in total. The Morgan fingerprint density at radius 3 is 2.64 bits per heavy atom. The molecule has 0 saturated heterocycles. The fourth-order valence-electron chi connectivity index (χ4n) is 0.674. The van der Waals surface area contributed by atoms with Crippen LogP contribution >= 0.6 is 0 Å². The minimum absolute atomic E-state index is 0.147. The summed E-state index contributed by atoms with van der Waals surface area (Å²) in [6.45, 7) is 4.99. The normalized spacial score (nSPS) is 12.6. The number of methoxy groups -OCH3 is 1. The number of esters is 1. The first-order valence-electron chi connectivity index (χ1n) is 3.88. The first-order valence-corrected chi connectivity index (χ1v) is 3.88. The summed E-state index contributed by atoms with van der Waals surface area (Å²) in [6.07, 6.45) is 0.980. The van der Waals surface area contributed by atoms with Gasteiger partial charge in [0.25, 0.3) is 0 Å². The number of hydrogen-bond acceptors (Lipinski definition) is 3. The average Bonchev–Trinajstić information content (AvgIpc) is 2.03. The predicted molar refractivity (Wildman–Crippen MR) is 42.3 cm³/mol. The second kappa shape index (κ2) is 6.16. The van der Waals surface area contributed by atoms with Gasteiger partial charge in [0.15, 0.2) is 0 Å². The van der Waals surface area contributed by atoms with Gasteiger partial charge in [-0.1, -0.05) is 6.92 Å². The summed E-state index contributed by atoms with van der Waals surface area (Å²) >= 11 is 0. The van der Waals surface area contributed by atoms with Crippen LogP contribution in [0.4, 0.5) is 0 Å². The number of ether oxygens (including phenoxy) is 2. The Morgan fingerprint density at radius 2 is 2.18 bits per heavy atom. The van der Waals surface area contributed by atoms with Gasteiger partial charge in [-0.2, -0.15) is 0 Å². The molecule has 1 atom stereocenters. The van der Waals surface area contributed by atoms with E-state index in [-0.39, 0.29) is 11.9 Å². The molecule has 0 radical (unpaired) electrons. The van der Waals surface area contributed by atoms with Gasteiger partial charge in [0.2, 0.25) is 0 Å². The van der Waals surface area contributed by atoms with E-state index in [1.807, 2.05) is 6.92 Å². The lowest BCUT2D eigenvalue weighted by Crippen LogP contribution is -2.18. The Hall–Kier alpha value is -0.570. The van der Waals surface area contributed by atoms with Gasteiger partial charge >= 0.3 is 5.97 Å². The molecular formula is C8H16O3. The summed E-state index contributed by atoms with van der Waals surface area (Å²) in [4.78, 5) is 10.8. The molecule has 0 bridgehead atoms. The largest absolute Gasteiger partial charge is 0.469 e. The molecule has 0 fully saturated rings. The molecule has 11 heavy (non-hydrogen) atoms. The smallest absolute Gasteiger partial charge is 0.310 e. The maximum absolute atomic E-state index is 10.8. The molecule has 0 amide bonds. The van der Waals surface area contributed by atoms with E-state index >= 15 is 0 Å². The van der Waals surface area contributed by atoms with Crippen molar-refractivity contribution in [1.29, 1.82) is 0 Å². The van der Waals surface area contributed by atoms with Gasteiger partial charge in [-0.25, -0.2) is 0 Å². The standard InChI is InChI=1S/C8H16O3/c1-4-5-11-6-7(2)8(9)10-3/h7H,4-6H2,1-3H3/t7-/m0/s1. The summed E-state index contributed by atoms with van der Waals surface area (Å²) < 4.78 is 9.69. The highest BCUT2D eigenvalue weighted by atomic mass is 16.5. The van der Waals surface area contributed by atoms with Crippen molar-refractivity contribution < 1.29 is 14.3 Å². The van der Waals surface area contributed by atoms with E-state index in [0.717, 1.165) is 6.42 Å². The molecule has 0 rings (SSSR count). The Labute approximate surface area is 67.7 Å².